The van der Waals surface area contributed by atoms with E-state index < -0.39 is 0 Å². The first-order chi connectivity index (χ1) is 6.33. The molecule has 0 saturated carbocycles. The number of halogens is 1. The fraction of sp³-hybridized carbons (Fsp3) is 0.111. The van der Waals surface area contributed by atoms with Crippen LogP contribution >= 0.6 is 12.9 Å². The highest BCUT2D eigenvalue weighted by Crippen LogP contribution is 2.18. The lowest BCUT2D eigenvalue weighted by atomic mass is 10.2. The summed E-state index contributed by atoms with van der Waals surface area (Å²) in [6.45, 7) is 0. The summed E-state index contributed by atoms with van der Waals surface area (Å²) in [7, 11) is 1.69. The van der Waals surface area contributed by atoms with Crippen LogP contribution in [-0.4, -0.2) is 30.3 Å². The second-order valence-corrected chi connectivity index (χ2v) is 5.59. The van der Waals surface area contributed by atoms with Crippen LogP contribution in [0.15, 0.2) is 24.3 Å². The molecule has 2 rings (SSSR count). The van der Waals surface area contributed by atoms with Gasteiger partial charge in [-0.25, -0.2) is 0 Å². The number of aromatic amines is 1. The highest BCUT2D eigenvalue weighted by molar-refractivity contribution is 9.23. The maximum absolute atomic E-state index is 5.15. The van der Waals surface area contributed by atoms with Crippen molar-refractivity contribution in [2.24, 2.45) is 0 Å². The van der Waals surface area contributed by atoms with Crippen molar-refractivity contribution in [1.82, 2.24) is 4.98 Å². The second kappa shape index (κ2) is 3.90. The molecule has 1 heterocycles. The van der Waals surface area contributed by atoms with Gasteiger partial charge in [0.2, 0.25) is 0 Å². The van der Waals surface area contributed by atoms with Crippen LogP contribution in [0.1, 0.15) is 0 Å². The lowest BCUT2D eigenvalue weighted by Gasteiger charge is -1.97. The van der Waals surface area contributed by atoms with Gasteiger partial charge in [0, 0.05) is 10.9 Å². The van der Waals surface area contributed by atoms with E-state index in [2.05, 4.69) is 30.0 Å². The summed E-state index contributed by atoms with van der Waals surface area (Å²) in [5, 5.41) is 1.22. The molecule has 1 N–H and O–H groups in total. The van der Waals surface area contributed by atoms with E-state index in [1.807, 2.05) is 12.1 Å². The van der Waals surface area contributed by atoms with Crippen LogP contribution in [-0.2, 0) is 0 Å². The Morgan fingerprint density at radius 3 is 2.92 bits per heavy atom. The molecule has 0 radical (unpaired) electrons. The number of ether oxygens (including phenoxy) is 1. The molecule has 4 heteroatoms. The number of nitrogens with one attached hydrogen (secondary N) is 1. The molecule has 0 aliphatic heterocycles. The van der Waals surface area contributed by atoms with Gasteiger partial charge < -0.3 is 9.72 Å². The van der Waals surface area contributed by atoms with Crippen molar-refractivity contribution in [3.8, 4) is 5.75 Å². The minimum Gasteiger partial charge on any atom is -0.497 e. The topological polar surface area (TPSA) is 25.0 Å². The number of rotatable bonds is 2. The predicted octanol–water partition coefficient (Wildman–Crippen LogP) is 1.82. The molecule has 0 saturated heterocycles. The molecule has 2 aromatic rings. The number of benzene rings is 1. The van der Waals surface area contributed by atoms with E-state index in [9.17, 15) is 0 Å². The summed E-state index contributed by atoms with van der Waals surface area (Å²) in [5.74, 6) is 0.911. The molecule has 1 aromatic heterocycles. The third kappa shape index (κ3) is 1.84. The minimum atomic E-state index is -0.270. The van der Waals surface area contributed by atoms with Crippen LogP contribution < -0.4 is 8.56 Å². The van der Waals surface area contributed by atoms with E-state index in [0.717, 1.165) is 5.75 Å². The Bertz CT molecular complexity index is 424. The van der Waals surface area contributed by atoms with E-state index in [0.29, 0.717) is 0 Å². The molecule has 2 nitrogen and oxygen atoms in total. The van der Waals surface area contributed by atoms with Gasteiger partial charge in [-0.2, -0.15) is 0 Å². The predicted molar refractivity (Wildman–Crippen MR) is 59.2 cm³/mol. The maximum atomic E-state index is 5.15. The van der Waals surface area contributed by atoms with Crippen LogP contribution in [0.25, 0.3) is 10.9 Å². The van der Waals surface area contributed by atoms with Gasteiger partial charge in [-0.05, 0) is 18.2 Å². The Hall–Kier alpha value is -0.194. The third-order valence-corrected chi connectivity index (χ3v) is 4.51. The zero-order valence-corrected chi connectivity index (χ0v) is 10.3. The standard InChI is InChI=1S/C9H8NO.BrH.Mg/c1-11-8-2-3-9-7(6-8)4-5-10-9;;/h2-4,6,10H,1H3;1H;/q;;+1/p-1. The maximum Gasteiger partial charge on any atom is 0.531 e. The summed E-state index contributed by atoms with van der Waals surface area (Å²) in [6.07, 6.45) is 0. The largest absolute Gasteiger partial charge is 0.531 e. The number of methoxy groups -OCH3 is 1. The van der Waals surface area contributed by atoms with Crippen LogP contribution in [0.4, 0.5) is 0 Å². The zero-order valence-electron chi connectivity index (χ0n) is 7.30. The van der Waals surface area contributed by atoms with Crippen LogP contribution in [0, 0.1) is 0 Å². The molecule has 0 atom stereocenters. The molecule has 0 amide bonds. The normalized spacial score (nSPS) is 10.0. The molecule has 0 bridgehead atoms. The molecule has 0 unspecified atom stereocenters. The average Bonchev–Trinajstić information content (AvgIpc) is 2.58. The van der Waals surface area contributed by atoms with Gasteiger partial charge in [0.1, 0.15) is 5.75 Å². The van der Waals surface area contributed by atoms with Crippen LogP contribution in [0.2, 0.25) is 0 Å². The monoisotopic (exact) mass is 249 g/mol. The quantitative estimate of drug-likeness (QED) is 0.808. The number of fused-ring (bicyclic) bond motifs is 1. The number of aromatic nitrogens is 1. The molecule has 0 aliphatic carbocycles. The first-order valence-electron chi connectivity index (χ1n) is 4.05. The third-order valence-electron chi connectivity index (χ3n) is 2.03. The van der Waals surface area contributed by atoms with Crippen molar-refractivity contribution in [1.29, 1.82) is 0 Å². The zero-order chi connectivity index (χ0) is 9.26. The molecular weight excluding hydrogens is 242 g/mol. The molecule has 0 fully saturated rings. The van der Waals surface area contributed by atoms with Crippen molar-refractivity contribution < 1.29 is 4.74 Å². The Kier molecular flexibility index (Phi) is 2.81. The number of hydrogen-bond donors (Lipinski definition) is 1. The smallest absolute Gasteiger partial charge is 0.497 e. The second-order valence-electron chi connectivity index (χ2n) is 2.88. The SMILES string of the molecule is COc1ccc2[nH][c]([Mg][Br])cc2c1. The van der Waals surface area contributed by atoms with Crippen molar-refractivity contribution in [3.05, 3.63) is 24.3 Å². The van der Waals surface area contributed by atoms with Crippen molar-refractivity contribution in [3.63, 3.8) is 0 Å². The Balaban J connectivity index is 2.57. The molecule has 13 heavy (non-hydrogen) atoms. The molecule has 1 aromatic carbocycles. The van der Waals surface area contributed by atoms with Crippen LogP contribution in [0.3, 0.4) is 0 Å². The molecular formula is C9H8BrMgNO. The van der Waals surface area contributed by atoms with Crippen molar-refractivity contribution in [2.75, 3.05) is 7.11 Å². The highest BCUT2D eigenvalue weighted by atomic mass is 79.9. The van der Waals surface area contributed by atoms with E-state index in [-0.39, 0.29) is 18.2 Å². The van der Waals surface area contributed by atoms with Crippen LogP contribution in [0.5, 0.6) is 5.75 Å². The highest BCUT2D eigenvalue weighted by Gasteiger charge is 2.02. The fourth-order valence-electron chi connectivity index (χ4n) is 1.37. The first kappa shape index (κ1) is 9.36. The number of hydrogen-bond acceptors (Lipinski definition) is 1. The Morgan fingerprint density at radius 1 is 1.38 bits per heavy atom. The van der Waals surface area contributed by atoms with E-state index in [4.69, 9.17) is 4.74 Å². The Morgan fingerprint density at radius 2 is 2.23 bits per heavy atom. The van der Waals surface area contributed by atoms with Crippen molar-refractivity contribution in [2.45, 2.75) is 0 Å². The van der Waals surface area contributed by atoms with Crippen molar-refractivity contribution >= 4 is 45.8 Å². The van der Waals surface area contributed by atoms with Gasteiger partial charge in [0.15, 0.2) is 0 Å². The summed E-state index contributed by atoms with van der Waals surface area (Å²) in [5.41, 5.74) is 1.18. The summed E-state index contributed by atoms with van der Waals surface area (Å²) >= 11 is 3.28. The average molecular weight is 250 g/mol. The van der Waals surface area contributed by atoms with Gasteiger partial charge in [-0.1, -0.05) is 9.89 Å². The molecule has 64 valence electrons. The van der Waals surface area contributed by atoms with E-state index in [1.54, 1.807) is 7.11 Å². The summed E-state index contributed by atoms with van der Waals surface area (Å²) < 4.78 is 6.47. The van der Waals surface area contributed by atoms with E-state index >= 15 is 0 Å². The molecule has 0 spiro atoms. The van der Waals surface area contributed by atoms with Gasteiger partial charge in [0.05, 0.1) is 7.11 Å². The van der Waals surface area contributed by atoms with Gasteiger partial charge in [-0.3, -0.25) is 12.9 Å². The van der Waals surface area contributed by atoms with Gasteiger partial charge >= 0.3 is 18.2 Å². The van der Waals surface area contributed by atoms with Gasteiger partial charge in [-0.15, -0.1) is 0 Å². The minimum absolute atomic E-state index is 0.270. The van der Waals surface area contributed by atoms with Gasteiger partial charge in [0.25, 0.3) is 0 Å². The van der Waals surface area contributed by atoms with E-state index in [1.165, 1.54) is 14.7 Å². The lowest BCUT2D eigenvalue weighted by Crippen LogP contribution is -2.07. The number of H-pyrrole nitrogens is 1. The summed E-state index contributed by atoms with van der Waals surface area (Å²) in [6, 6.07) is 8.25. The first-order valence-corrected chi connectivity index (χ1v) is 8.65. The lowest BCUT2D eigenvalue weighted by molar-refractivity contribution is 0.415. The fourth-order valence-corrected chi connectivity index (χ4v) is 2.83. The summed E-state index contributed by atoms with van der Waals surface area (Å²) in [4.78, 5) is 3.36. The Labute approximate surface area is 92.3 Å². The molecule has 0 aliphatic rings.